The van der Waals surface area contributed by atoms with Gasteiger partial charge in [-0.3, -0.25) is 4.79 Å². The monoisotopic (exact) mass is 329 g/mol. The molecule has 1 rings (SSSR count). The minimum absolute atomic E-state index is 0.126. The Labute approximate surface area is 122 Å². The largest absolute Gasteiger partial charge is 0.496 e. The third-order valence-corrected chi connectivity index (χ3v) is 3.32. The van der Waals surface area contributed by atoms with E-state index >= 15 is 0 Å². The molecule has 1 unspecified atom stereocenters. The molecule has 0 aliphatic heterocycles. The summed E-state index contributed by atoms with van der Waals surface area (Å²) in [5.74, 6) is 0.225. The number of ether oxygens (including phenoxy) is 1. The van der Waals surface area contributed by atoms with Crippen LogP contribution in [0.2, 0.25) is 0 Å². The maximum atomic E-state index is 10.6. The molecule has 5 heteroatoms. The van der Waals surface area contributed by atoms with Gasteiger partial charge in [0.2, 0.25) is 0 Å². The molecule has 1 aromatic carbocycles. The van der Waals surface area contributed by atoms with Gasteiger partial charge in [-0.1, -0.05) is 22.9 Å². The van der Waals surface area contributed by atoms with Gasteiger partial charge >= 0.3 is 5.97 Å². The van der Waals surface area contributed by atoms with Gasteiger partial charge in [0, 0.05) is 29.5 Å². The van der Waals surface area contributed by atoms with E-state index in [1.54, 1.807) is 7.11 Å². The fraction of sp³-hybridized carbons (Fsp3) is 0.500. The van der Waals surface area contributed by atoms with Crippen molar-refractivity contribution < 1.29 is 14.6 Å². The molecule has 0 spiro atoms. The third kappa shape index (κ3) is 5.61. The molecular weight excluding hydrogens is 310 g/mol. The lowest BCUT2D eigenvalue weighted by molar-refractivity contribution is -0.138. The molecule has 1 aromatic rings. The smallest absolute Gasteiger partial charge is 0.303 e. The first kappa shape index (κ1) is 16.0. The minimum atomic E-state index is -0.749. The number of halogens is 1. The van der Waals surface area contributed by atoms with Crippen LogP contribution in [0.5, 0.6) is 5.75 Å². The van der Waals surface area contributed by atoms with Crippen LogP contribution in [-0.4, -0.2) is 36.7 Å². The normalized spacial score (nSPS) is 12.5. The number of rotatable bonds is 7. The fourth-order valence-corrected chi connectivity index (χ4v) is 2.53. The van der Waals surface area contributed by atoms with Crippen molar-refractivity contribution in [2.24, 2.45) is 5.92 Å². The Morgan fingerprint density at radius 3 is 2.79 bits per heavy atom. The Morgan fingerprint density at radius 1 is 1.53 bits per heavy atom. The van der Waals surface area contributed by atoms with Crippen LogP contribution >= 0.6 is 15.9 Å². The second-order valence-electron chi connectivity index (χ2n) is 4.86. The van der Waals surface area contributed by atoms with Gasteiger partial charge in [0.1, 0.15) is 5.75 Å². The lowest BCUT2D eigenvalue weighted by atomic mass is 10.1. The number of carbonyl (C=O) groups is 1. The number of hydrogen-bond donors (Lipinski definition) is 1. The number of aliphatic carboxylic acids is 1. The van der Waals surface area contributed by atoms with Crippen molar-refractivity contribution in [1.29, 1.82) is 0 Å². The Bertz CT molecular complexity index is 437. The number of hydrogen-bond acceptors (Lipinski definition) is 3. The number of methoxy groups -OCH3 is 1. The Kier molecular flexibility index (Phi) is 6.31. The highest BCUT2D eigenvalue weighted by molar-refractivity contribution is 9.10. The molecule has 0 heterocycles. The zero-order valence-electron chi connectivity index (χ0n) is 11.5. The minimum Gasteiger partial charge on any atom is -0.496 e. The number of nitrogens with zero attached hydrogens (tertiary/aromatic N) is 1. The number of carboxylic acid groups (broad SMARTS) is 1. The van der Waals surface area contributed by atoms with Crippen LogP contribution in [0.1, 0.15) is 18.9 Å². The molecular formula is C14H20BrNO3. The molecule has 0 aromatic heterocycles. The summed E-state index contributed by atoms with van der Waals surface area (Å²) in [6.45, 7) is 3.41. The van der Waals surface area contributed by atoms with Crippen LogP contribution in [0.25, 0.3) is 0 Å². The highest BCUT2D eigenvalue weighted by atomic mass is 79.9. The molecule has 0 saturated carbocycles. The summed E-state index contributed by atoms with van der Waals surface area (Å²) in [6.07, 6.45) is 0.194. The Balaban J connectivity index is 2.63. The Hall–Kier alpha value is -1.07. The van der Waals surface area contributed by atoms with E-state index in [0.29, 0.717) is 0 Å². The van der Waals surface area contributed by atoms with Crippen LogP contribution in [0.4, 0.5) is 0 Å². The maximum absolute atomic E-state index is 10.6. The lowest BCUT2D eigenvalue weighted by Crippen LogP contribution is -2.25. The van der Waals surface area contributed by atoms with Crippen LogP contribution in [0.3, 0.4) is 0 Å². The summed E-state index contributed by atoms with van der Waals surface area (Å²) in [5.41, 5.74) is 1.09. The van der Waals surface area contributed by atoms with Gasteiger partial charge < -0.3 is 14.7 Å². The SMILES string of the molecule is COc1ccc(Br)cc1CN(C)CC(C)CC(=O)O. The molecule has 0 radical (unpaired) electrons. The second kappa shape index (κ2) is 7.50. The first-order valence-electron chi connectivity index (χ1n) is 6.15. The molecule has 0 aliphatic rings. The van der Waals surface area contributed by atoms with Gasteiger partial charge in [-0.2, -0.15) is 0 Å². The molecule has 0 fully saturated rings. The molecule has 19 heavy (non-hydrogen) atoms. The van der Waals surface area contributed by atoms with Gasteiger partial charge in [-0.05, 0) is 31.2 Å². The van der Waals surface area contributed by atoms with Gasteiger partial charge in [-0.15, -0.1) is 0 Å². The highest BCUT2D eigenvalue weighted by Gasteiger charge is 2.12. The van der Waals surface area contributed by atoms with Crippen LogP contribution in [-0.2, 0) is 11.3 Å². The molecule has 1 N–H and O–H groups in total. The standard InChI is InChI=1S/C14H20BrNO3/c1-10(6-14(17)18)8-16(2)9-11-7-12(15)4-5-13(11)19-3/h4-5,7,10H,6,8-9H2,1-3H3,(H,17,18). The van der Waals surface area contributed by atoms with E-state index < -0.39 is 5.97 Å². The maximum Gasteiger partial charge on any atom is 0.303 e. The summed E-state index contributed by atoms with van der Waals surface area (Å²) >= 11 is 3.45. The van der Waals surface area contributed by atoms with E-state index in [0.717, 1.165) is 28.9 Å². The van der Waals surface area contributed by atoms with E-state index in [2.05, 4.69) is 20.8 Å². The van der Waals surface area contributed by atoms with E-state index in [1.807, 2.05) is 32.2 Å². The third-order valence-electron chi connectivity index (χ3n) is 2.83. The van der Waals surface area contributed by atoms with Gasteiger partial charge in [0.05, 0.1) is 7.11 Å². The fourth-order valence-electron chi connectivity index (χ4n) is 2.12. The zero-order valence-corrected chi connectivity index (χ0v) is 13.1. The second-order valence-corrected chi connectivity index (χ2v) is 5.77. The van der Waals surface area contributed by atoms with Crippen molar-refractivity contribution in [3.8, 4) is 5.75 Å². The van der Waals surface area contributed by atoms with Crippen molar-refractivity contribution in [3.63, 3.8) is 0 Å². The van der Waals surface area contributed by atoms with Crippen LogP contribution in [0, 0.1) is 5.92 Å². The van der Waals surface area contributed by atoms with Crippen LogP contribution < -0.4 is 4.74 Å². The summed E-state index contributed by atoms with van der Waals surface area (Å²) in [7, 11) is 3.64. The molecule has 1 atom stereocenters. The molecule has 0 aliphatic carbocycles. The van der Waals surface area contributed by atoms with Gasteiger partial charge in [0.25, 0.3) is 0 Å². The summed E-state index contributed by atoms with van der Waals surface area (Å²) < 4.78 is 6.34. The first-order chi connectivity index (χ1) is 8.92. The van der Waals surface area contributed by atoms with E-state index in [4.69, 9.17) is 9.84 Å². The Morgan fingerprint density at radius 2 is 2.21 bits per heavy atom. The molecule has 0 bridgehead atoms. The van der Waals surface area contributed by atoms with Crippen molar-refractivity contribution in [3.05, 3.63) is 28.2 Å². The number of benzene rings is 1. The van der Waals surface area contributed by atoms with E-state index in [9.17, 15) is 4.79 Å². The first-order valence-corrected chi connectivity index (χ1v) is 6.94. The van der Waals surface area contributed by atoms with Crippen molar-refractivity contribution >= 4 is 21.9 Å². The number of carboxylic acids is 1. The van der Waals surface area contributed by atoms with Crippen LogP contribution in [0.15, 0.2) is 22.7 Å². The summed E-state index contributed by atoms with van der Waals surface area (Å²) in [6, 6.07) is 5.89. The lowest BCUT2D eigenvalue weighted by Gasteiger charge is -2.21. The van der Waals surface area contributed by atoms with Crippen molar-refractivity contribution in [2.45, 2.75) is 19.9 Å². The van der Waals surface area contributed by atoms with Gasteiger partial charge in [0.15, 0.2) is 0 Å². The highest BCUT2D eigenvalue weighted by Crippen LogP contribution is 2.24. The molecule has 0 saturated heterocycles. The van der Waals surface area contributed by atoms with E-state index in [-0.39, 0.29) is 12.3 Å². The molecule has 106 valence electrons. The molecule has 0 amide bonds. The van der Waals surface area contributed by atoms with Crippen molar-refractivity contribution in [2.75, 3.05) is 20.7 Å². The topological polar surface area (TPSA) is 49.8 Å². The average Bonchev–Trinajstić information content (AvgIpc) is 2.27. The predicted octanol–water partition coefficient (Wildman–Crippen LogP) is 3.00. The molecule has 4 nitrogen and oxygen atoms in total. The summed E-state index contributed by atoms with van der Waals surface area (Å²) in [5, 5.41) is 8.76. The zero-order chi connectivity index (χ0) is 14.4. The summed E-state index contributed by atoms with van der Waals surface area (Å²) in [4.78, 5) is 12.8. The quantitative estimate of drug-likeness (QED) is 0.835. The van der Waals surface area contributed by atoms with E-state index in [1.165, 1.54) is 0 Å². The van der Waals surface area contributed by atoms with Gasteiger partial charge in [-0.25, -0.2) is 0 Å². The van der Waals surface area contributed by atoms with Crippen molar-refractivity contribution in [1.82, 2.24) is 4.90 Å². The predicted molar refractivity (Wildman–Crippen MR) is 78.4 cm³/mol. The average molecular weight is 330 g/mol.